The zero-order valence-electron chi connectivity index (χ0n) is 5.93. The first-order valence-corrected chi connectivity index (χ1v) is 2.98. The predicted octanol–water partition coefficient (Wildman–Crippen LogP) is -0.540. The van der Waals surface area contributed by atoms with Crippen molar-refractivity contribution < 1.29 is 27.1 Å². The zero-order chi connectivity index (χ0) is 7.91. The highest BCUT2D eigenvalue weighted by Crippen LogP contribution is 1.59. The second-order valence-electron chi connectivity index (χ2n) is 0.780. The van der Waals surface area contributed by atoms with Gasteiger partial charge in [-0.15, -0.1) is 0 Å². The molecule has 0 aliphatic carbocycles. The fourth-order valence-corrected chi connectivity index (χ4v) is 0. The van der Waals surface area contributed by atoms with Crippen LogP contribution >= 0.6 is 0 Å². The number of ether oxygens (including phenoxy) is 1. The Morgan fingerprint density at radius 1 is 1.27 bits per heavy atom. The highest BCUT2D eigenvalue weighted by molar-refractivity contribution is 7.79. The highest BCUT2D eigenvalue weighted by Gasteiger charge is 1.84. The van der Waals surface area contributed by atoms with Gasteiger partial charge in [0.1, 0.15) is 0 Å². The van der Waals surface area contributed by atoms with Crippen molar-refractivity contribution in [1.82, 2.24) is 12.3 Å². The monoisotopic (exact) mass is 192 g/mol. The van der Waals surface area contributed by atoms with Crippen molar-refractivity contribution in [3.05, 3.63) is 0 Å². The maximum Gasteiger partial charge on any atom is 0.394 e. The standard InChI is InChI=1S/C2H4O2.2H3N.H2O4S/c1-4-2-3;;;1-5(2,3)4/h2H,1H3;2*1H3;(H2,1,2,3,4). The summed E-state index contributed by atoms with van der Waals surface area (Å²) in [5, 5.41) is 0. The maximum absolute atomic E-state index is 8.95. The number of rotatable bonds is 1. The van der Waals surface area contributed by atoms with Crippen molar-refractivity contribution in [1.29, 1.82) is 0 Å². The molecule has 0 saturated heterocycles. The Kier molecular flexibility index (Phi) is 24.5. The molecule has 0 saturated carbocycles. The number of carbonyl (C=O) groups excluding carboxylic acids is 1. The van der Waals surface area contributed by atoms with Crippen LogP contribution < -0.4 is 12.3 Å². The van der Waals surface area contributed by atoms with E-state index >= 15 is 0 Å². The minimum Gasteiger partial charge on any atom is -0.471 e. The Morgan fingerprint density at radius 2 is 1.36 bits per heavy atom. The van der Waals surface area contributed by atoms with Gasteiger partial charge in [-0.3, -0.25) is 13.9 Å². The molecule has 0 radical (unpaired) electrons. The van der Waals surface area contributed by atoms with Crippen LogP contribution in [0.25, 0.3) is 0 Å². The van der Waals surface area contributed by atoms with Gasteiger partial charge < -0.3 is 17.0 Å². The Morgan fingerprint density at radius 3 is 1.36 bits per heavy atom. The lowest BCUT2D eigenvalue weighted by atomic mass is 11.5. The zero-order valence-corrected chi connectivity index (χ0v) is 6.74. The van der Waals surface area contributed by atoms with Crippen LogP contribution in [-0.4, -0.2) is 31.1 Å². The number of hydrogen-bond donors (Lipinski definition) is 4. The van der Waals surface area contributed by atoms with E-state index in [9.17, 15) is 0 Å². The summed E-state index contributed by atoms with van der Waals surface area (Å²) >= 11 is 0. The van der Waals surface area contributed by atoms with Crippen molar-refractivity contribution in [2.75, 3.05) is 7.11 Å². The summed E-state index contributed by atoms with van der Waals surface area (Å²) in [7, 11) is -3.35. The summed E-state index contributed by atoms with van der Waals surface area (Å²) in [6.45, 7) is 0.375. The van der Waals surface area contributed by atoms with Crippen LogP contribution in [0.2, 0.25) is 0 Å². The molecule has 0 aliphatic heterocycles. The fourth-order valence-electron chi connectivity index (χ4n) is 0. The second kappa shape index (κ2) is 12.0. The van der Waals surface area contributed by atoms with E-state index in [1.54, 1.807) is 0 Å². The summed E-state index contributed by atoms with van der Waals surface area (Å²) in [5.41, 5.74) is 0. The van der Waals surface area contributed by atoms with Crippen LogP contribution in [0, 0.1) is 0 Å². The number of methoxy groups -OCH3 is 1. The lowest BCUT2D eigenvalue weighted by Gasteiger charge is -1.68. The van der Waals surface area contributed by atoms with Gasteiger partial charge in [0.2, 0.25) is 0 Å². The Balaban J connectivity index is -0.0000000383. The molecule has 0 rings (SSSR count). The molecule has 0 amide bonds. The van der Waals surface area contributed by atoms with Gasteiger partial charge in [-0.2, -0.15) is 8.42 Å². The van der Waals surface area contributed by atoms with E-state index in [1.807, 2.05) is 0 Å². The first kappa shape index (κ1) is 22.5. The van der Waals surface area contributed by atoms with Crippen molar-refractivity contribution in [3.8, 4) is 0 Å². The summed E-state index contributed by atoms with van der Waals surface area (Å²) in [6.07, 6.45) is 0. The fraction of sp³-hybridized carbons (Fsp3) is 0.500. The highest BCUT2D eigenvalue weighted by atomic mass is 32.3. The number of hydrogen-bond acceptors (Lipinski definition) is 6. The molecule has 0 aromatic carbocycles. The molecule has 11 heavy (non-hydrogen) atoms. The summed E-state index contributed by atoms with van der Waals surface area (Å²) < 4.78 is 35.4. The van der Waals surface area contributed by atoms with Gasteiger partial charge in [-0.05, 0) is 0 Å². The first-order valence-electron chi connectivity index (χ1n) is 1.58. The van der Waals surface area contributed by atoms with Crippen LogP contribution in [0.5, 0.6) is 0 Å². The van der Waals surface area contributed by atoms with Crippen molar-refractivity contribution >= 4 is 16.9 Å². The Labute approximate surface area is 64.3 Å². The molecule has 9 heteroatoms. The van der Waals surface area contributed by atoms with Crippen LogP contribution in [0.15, 0.2) is 0 Å². The van der Waals surface area contributed by atoms with Gasteiger partial charge in [0.15, 0.2) is 0 Å². The van der Waals surface area contributed by atoms with Crippen LogP contribution in [0.3, 0.4) is 0 Å². The van der Waals surface area contributed by atoms with Gasteiger partial charge in [-0.1, -0.05) is 0 Å². The van der Waals surface area contributed by atoms with Gasteiger partial charge >= 0.3 is 10.4 Å². The Hall–Kier alpha value is -0.740. The lowest BCUT2D eigenvalue weighted by Crippen LogP contribution is -1.89. The molecule has 0 spiro atoms. The molecular weight excluding hydrogens is 180 g/mol. The largest absolute Gasteiger partial charge is 0.471 e. The van der Waals surface area contributed by atoms with E-state index in [0.29, 0.717) is 6.47 Å². The molecule has 8 N–H and O–H groups in total. The van der Waals surface area contributed by atoms with Crippen molar-refractivity contribution in [2.24, 2.45) is 0 Å². The third-order valence-electron chi connectivity index (χ3n) is 0.0962. The second-order valence-corrected chi connectivity index (χ2v) is 1.68. The third kappa shape index (κ3) is 7220. The van der Waals surface area contributed by atoms with Gasteiger partial charge in [0.05, 0.1) is 7.11 Å². The summed E-state index contributed by atoms with van der Waals surface area (Å²) in [6, 6.07) is 0. The first-order chi connectivity index (χ1) is 3.91. The molecule has 0 aliphatic rings. The minimum absolute atomic E-state index is 0. The van der Waals surface area contributed by atoms with E-state index in [1.165, 1.54) is 7.11 Å². The molecule has 0 unspecified atom stereocenters. The minimum atomic E-state index is -4.67. The van der Waals surface area contributed by atoms with Crippen LogP contribution in [0.4, 0.5) is 0 Å². The van der Waals surface area contributed by atoms with E-state index < -0.39 is 10.4 Å². The van der Waals surface area contributed by atoms with Gasteiger partial charge in [-0.25, -0.2) is 0 Å². The average Bonchev–Trinajstić information content (AvgIpc) is 1.61. The Bertz CT molecular complexity index is 144. The molecule has 0 aromatic rings. The van der Waals surface area contributed by atoms with Crippen molar-refractivity contribution in [2.45, 2.75) is 0 Å². The molecule has 0 bridgehead atoms. The van der Waals surface area contributed by atoms with E-state index in [4.69, 9.17) is 22.3 Å². The van der Waals surface area contributed by atoms with Gasteiger partial charge in [0, 0.05) is 0 Å². The normalized spacial score (nSPS) is 7.18. The quantitative estimate of drug-likeness (QED) is 0.316. The smallest absolute Gasteiger partial charge is 0.394 e. The lowest BCUT2D eigenvalue weighted by molar-refractivity contribution is -0.126. The molecular formula is C2H12N2O6S. The average molecular weight is 192 g/mol. The third-order valence-corrected chi connectivity index (χ3v) is 0.0962. The van der Waals surface area contributed by atoms with E-state index in [0.717, 1.165) is 0 Å². The SMILES string of the molecule is COC=O.N.N.O=S(=O)(O)O. The molecule has 0 heterocycles. The van der Waals surface area contributed by atoms with Gasteiger partial charge in [0.25, 0.3) is 6.47 Å². The molecule has 0 fully saturated rings. The van der Waals surface area contributed by atoms with Crippen LogP contribution in [0.1, 0.15) is 0 Å². The molecule has 0 aromatic heterocycles. The maximum atomic E-state index is 8.95. The van der Waals surface area contributed by atoms with Crippen LogP contribution in [-0.2, 0) is 19.9 Å². The van der Waals surface area contributed by atoms with E-state index in [-0.39, 0.29) is 12.3 Å². The summed E-state index contributed by atoms with van der Waals surface area (Å²) in [5.74, 6) is 0. The van der Waals surface area contributed by atoms with Crippen molar-refractivity contribution in [3.63, 3.8) is 0 Å². The molecule has 8 nitrogen and oxygen atoms in total. The van der Waals surface area contributed by atoms with E-state index in [2.05, 4.69) is 4.74 Å². The topological polar surface area (TPSA) is 171 Å². The molecule has 72 valence electrons. The summed E-state index contributed by atoms with van der Waals surface area (Å²) in [4.78, 5) is 8.95. The molecule has 0 atom stereocenters. The number of carbonyl (C=O) groups is 1. The predicted molar refractivity (Wildman–Crippen MR) is 37.3 cm³/mol.